The highest BCUT2D eigenvalue weighted by Gasteiger charge is 2.04. The van der Waals surface area contributed by atoms with E-state index < -0.39 is 11.5 Å². The van der Waals surface area contributed by atoms with Gasteiger partial charge in [0.1, 0.15) is 6.73 Å². The molecule has 0 aliphatic carbocycles. The Hall–Kier alpha value is -1.43. The van der Waals surface area contributed by atoms with Crippen LogP contribution in [0.1, 0.15) is 13.3 Å². The molecule has 0 aliphatic rings. The lowest BCUT2D eigenvalue weighted by atomic mass is 10.5. The molecule has 0 amide bonds. The zero-order valence-corrected chi connectivity index (χ0v) is 7.86. The van der Waals surface area contributed by atoms with Crippen LogP contribution in [0, 0.1) is 5.82 Å². The van der Waals surface area contributed by atoms with Crippen molar-refractivity contribution in [2.75, 3.05) is 12.3 Å². The highest BCUT2D eigenvalue weighted by Crippen LogP contribution is 2.00. The number of rotatable bonds is 4. The third kappa shape index (κ3) is 2.53. The first-order valence-electron chi connectivity index (χ1n) is 4.25. The molecule has 0 bridgehead atoms. The zero-order chi connectivity index (χ0) is 10.6. The van der Waals surface area contributed by atoms with E-state index in [0.29, 0.717) is 6.61 Å². The van der Waals surface area contributed by atoms with E-state index in [1.807, 2.05) is 6.92 Å². The van der Waals surface area contributed by atoms with E-state index in [0.717, 1.165) is 17.2 Å². The molecule has 1 rings (SSSR count). The molecule has 0 saturated carbocycles. The summed E-state index contributed by atoms with van der Waals surface area (Å²) in [5.41, 5.74) is 4.49. The van der Waals surface area contributed by atoms with Gasteiger partial charge in [-0.25, -0.2) is 9.18 Å². The zero-order valence-electron chi connectivity index (χ0n) is 7.86. The summed E-state index contributed by atoms with van der Waals surface area (Å²) < 4.78 is 19.0. The van der Waals surface area contributed by atoms with Crippen LogP contribution < -0.4 is 11.4 Å². The SMILES string of the molecule is CCCOCn1cc(F)c(N)nc1=O. The molecule has 0 fully saturated rings. The highest BCUT2D eigenvalue weighted by atomic mass is 19.1. The molecule has 6 heteroatoms. The van der Waals surface area contributed by atoms with Crippen LogP contribution in [0.4, 0.5) is 10.2 Å². The van der Waals surface area contributed by atoms with Crippen LogP contribution in [-0.4, -0.2) is 16.2 Å². The van der Waals surface area contributed by atoms with Gasteiger partial charge in [-0.3, -0.25) is 4.57 Å². The van der Waals surface area contributed by atoms with E-state index in [-0.39, 0.29) is 12.5 Å². The van der Waals surface area contributed by atoms with Crippen molar-refractivity contribution in [1.82, 2.24) is 9.55 Å². The maximum Gasteiger partial charge on any atom is 0.351 e. The first-order valence-corrected chi connectivity index (χ1v) is 4.25. The number of halogens is 1. The van der Waals surface area contributed by atoms with Crippen LogP contribution in [0.2, 0.25) is 0 Å². The number of nitrogens with zero attached hydrogens (tertiary/aromatic N) is 2. The predicted molar refractivity (Wildman–Crippen MR) is 49.1 cm³/mol. The molecule has 0 saturated heterocycles. The Labute approximate surface area is 80.3 Å². The summed E-state index contributed by atoms with van der Waals surface area (Å²) in [7, 11) is 0. The van der Waals surface area contributed by atoms with Crippen molar-refractivity contribution in [2.24, 2.45) is 0 Å². The monoisotopic (exact) mass is 201 g/mol. The van der Waals surface area contributed by atoms with E-state index in [4.69, 9.17) is 10.5 Å². The minimum Gasteiger partial charge on any atom is -0.381 e. The number of aromatic nitrogens is 2. The van der Waals surface area contributed by atoms with Gasteiger partial charge >= 0.3 is 5.69 Å². The Kier molecular flexibility index (Phi) is 3.58. The van der Waals surface area contributed by atoms with Crippen LogP contribution in [0.3, 0.4) is 0 Å². The quantitative estimate of drug-likeness (QED) is 0.713. The van der Waals surface area contributed by atoms with Crippen LogP contribution in [-0.2, 0) is 11.5 Å². The lowest BCUT2D eigenvalue weighted by molar-refractivity contribution is 0.0736. The summed E-state index contributed by atoms with van der Waals surface area (Å²) in [5, 5.41) is 0. The topological polar surface area (TPSA) is 70.1 Å². The second-order valence-corrected chi connectivity index (χ2v) is 2.76. The predicted octanol–water partition coefficient (Wildman–Crippen LogP) is 0.349. The fraction of sp³-hybridized carbons (Fsp3) is 0.500. The van der Waals surface area contributed by atoms with Crippen molar-refractivity contribution >= 4 is 5.82 Å². The van der Waals surface area contributed by atoms with Crippen LogP contribution in [0.5, 0.6) is 0 Å². The smallest absolute Gasteiger partial charge is 0.351 e. The highest BCUT2D eigenvalue weighted by molar-refractivity contribution is 5.26. The van der Waals surface area contributed by atoms with Gasteiger partial charge in [0.15, 0.2) is 11.6 Å². The number of hydrogen-bond acceptors (Lipinski definition) is 4. The normalized spacial score (nSPS) is 10.4. The first kappa shape index (κ1) is 10.6. The maximum absolute atomic E-state index is 12.9. The first-order chi connectivity index (χ1) is 6.65. The minimum absolute atomic E-state index is 0.00310. The Morgan fingerprint density at radius 3 is 3.07 bits per heavy atom. The molecule has 0 unspecified atom stereocenters. The van der Waals surface area contributed by atoms with E-state index in [1.54, 1.807) is 0 Å². The molecular weight excluding hydrogens is 189 g/mol. The largest absolute Gasteiger partial charge is 0.381 e. The number of anilines is 1. The van der Waals surface area contributed by atoms with Crippen LogP contribution in [0.15, 0.2) is 11.0 Å². The van der Waals surface area contributed by atoms with Crippen molar-refractivity contribution in [3.8, 4) is 0 Å². The van der Waals surface area contributed by atoms with Crippen LogP contribution in [0.25, 0.3) is 0 Å². The Morgan fingerprint density at radius 2 is 2.43 bits per heavy atom. The molecule has 78 valence electrons. The maximum atomic E-state index is 12.9. The Balaban J connectivity index is 2.77. The van der Waals surface area contributed by atoms with E-state index >= 15 is 0 Å². The average molecular weight is 201 g/mol. The molecule has 0 spiro atoms. The lowest BCUT2D eigenvalue weighted by Gasteiger charge is -2.05. The molecule has 0 atom stereocenters. The van der Waals surface area contributed by atoms with Gasteiger partial charge in [-0.2, -0.15) is 4.98 Å². The van der Waals surface area contributed by atoms with E-state index in [1.165, 1.54) is 0 Å². The standard InChI is InChI=1S/C8H12FN3O2/c1-2-3-14-5-12-4-6(9)7(10)11-8(12)13/h4H,2-3,5H2,1H3,(H2,10,11,13). The van der Waals surface area contributed by atoms with Gasteiger partial charge in [0, 0.05) is 6.61 Å². The third-order valence-electron chi connectivity index (χ3n) is 1.55. The van der Waals surface area contributed by atoms with Crippen molar-refractivity contribution in [1.29, 1.82) is 0 Å². The lowest BCUT2D eigenvalue weighted by Crippen LogP contribution is -2.25. The van der Waals surface area contributed by atoms with Gasteiger partial charge in [0.25, 0.3) is 0 Å². The number of hydrogen-bond donors (Lipinski definition) is 1. The molecule has 14 heavy (non-hydrogen) atoms. The van der Waals surface area contributed by atoms with Gasteiger partial charge < -0.3 is 10.5 Å². The molecule has 0 radical (unpaired) electrons. The van der Waals surface area contributed by atoms with E-state index in [2.05, 4.69) is 4.98 Å². The molecule has 2 N–H and O–H groups in total. The summed E-state index contributed by atoms with van der Waals surface area (Å²) in [4.78, 5) is 14.4. The van der Waals surface area contributed by atoms with Crippen molar-refractivity contribution in [3.05, 3.63) is 22.5 Å². The average Bonchev–Trinajstić information content (AvgIpc) is 2.14. The molecular formula is C8H12FN3O2. The van der Waals surface area contributed by atoms with E-state index in [9.17, 15) is 9.18 Å². The summed E-state index contributed by atoms with van der Waals surface area (Å²) in [5.74, 6) is -1.11. The van der Waals surface area contributed by atoms with Crippen molar-refractivity contribution in [3.63, 3.8) is 0 Å². The summed E-state index contributed by atoms with van der Waals surface area (Å²) >= 11 is 0. The van der Waals surface area contributed by atoms with Gasteiger partial charge in [-0.05, 0) is 6.42 Å². The van der Waals surface area contributed by atoms with Crippen LogP contribution >= 0.6 is 0 Å². The van der Waals surface area contributed by atoms with Gasteiger partial charge in [-0.1, -0.05) is 6.92 Å². The summed E-state index contributed by atoms with van der Waals surface area (Å²) in [6.07, 6.45) is 1.82. The number of nitrogens with two attached hydrogens (primary N) is 1. The van der Waals surface area contributed by atoms with Crippen molar-refractivity contribution in [2.45, 2.75) is 20.1 Å². The third-order valence-corrected chi connectivity index (χ3v) is 1.55. The molecule has 0 aliphatic heterocycles. The van der Waals surface area contributed by atoms with Gasteiger partial charge in [0.05, 0.1) is 6.20 Å². The summed E-state index contributed by atoms with van der Waals surface area (Å²) in [6.45, 7) is 2.44. The van der Waals surface area contributed by atoms with Gasteiger partial charge in [0.2, 0.25) is 0 Å². The fourth-order valence-corrected chi connectivity index (χ4v) is 0.879. The molecule has 0 aromatic carbocycles. The summed E-state index contributed by atoms with van der Waals surface area (Å²) in [6, 6.07) is 0. The second-order valence-electron chi connectivity index (χ2n) is 2.76. The Bertz CT molecular complexity index is 364. The molecule has 1 aromatic heterocycles. The second kappa shape index (κ2) is 4.71. The van der Waals surface area contributed by atoms with Crippen molar-refractivity contribution < 1.29 is 9.13 Å². The molecule has 1 heterocycles. The number of ether oxygens (including phenoxy) is 1. The molecule has 5 nitrogen and oxygen atoms in total. The minimum atomic E-state index is -0.718. The fourth-order valence-electron chi connectivity index (χ4n) is 0.879. The Morgan fingerprint density at radius 1 is 1.71 bits per heavy atom. The van der Waals surface area contributed by atoms with Gasteiger partial charge in [-0.15, -0.1) is 0 Å². The number of nitrogen functional groups attached to an aromatic ring is 1. The molecule has 1 aromatic rings.